The fourth-order valence-electron chi connectivity index (χ4n) is 2.15. The number of carbonyl (C=O) groups is 1. The Morgan fingerprint density at radius 2 is 2.12 bits per heavy atom. The molecule has 0 saturated carbocycles. The van der Waals surface area contributed by atoms with E-state index >= 15 is 0 Å². The third-order valence-electron chi connectivity index (χ3n) is 3.13. The minimum Gasteiger partial charge on any atom is -0.396 e. The van der Waals surface area contributed by atoms with Crippen molar-refractivity contribution < 1.29 is 9.90 Å². The lowest BCUT2D eigenvalue weighted by atomic mass is 10.0. The molecule has 0 aromatic rings. The second-order valence-electron chi connectivity index (χ2n) is 4.66. The summed E-state index contributed by atoms with van der Waals surface area (Å²) in [6.07, 6.45) is 8.95. The Morgan fingerprint density at radius 1 is 1.41 bits per heavy atom. The highest BCUT2D eigenvalue weighted by Gasteiger charge is 2.14. The molecule has 1 aliphatic rings. The van der Waals surface area contributed by atoms with E-state index in [1.54, 1.807) is 0 Å². The largest absolute Gasteiger partial charge is 0.396 e. The number of carbonyl (C=O) groups excluding carboxylic acids is 1. The molecule has 0 spiro atoms. The zero-order chi connectivity index (χ0) is 12.5. The highest BCUT2D eigenvalue weighted by Crippen LogP contribution is 2.10. The van der Waals surface area contributed by atoms with Gasteiger partial charge in [-0.25, -0.2) is 4.79 Å². The van der Waals surface area contributed by atoms with Gasteiger partial charge >= 0.3 is 6.03 Å². The average Bonchev–Trinajstić information content (AvgIpc) is 2.79. The van der Waals surface area contributed by atoms with Crippen LogP contribution < -0.4 is 10.6 Å². The second kappa shape index (κ2) is 8.12. The van der Waals surface area contributed by atoms with Gasteiger partial charge in [0.15, 0.2) is 0 Å². The summed E-state index contributed by atoms with van der Waals surface area (Å²) in [7, 11) is 0. The first-order chi connectivity index (χ1) is 8.26. The maximum atomic E-state index is 11.6. The zero-order valence-electron chi connectivity index (χ0n) is 10.6. The molecule has 0 saturated heterocycles. The third kappa shape index (κ3) is 5.73. The molecule has 2 amide bonds. The molecule has 1 rings (SSSR count). The van der Waals surface area contributed by atoms with Gasteiger partial charge in [-0.05, 0) is 31.6 Å². The van der Waals surface area contributed by atoms with Gasteiger partial charge < -0.3 is 15.7 Å². The lowest BCUT2D eigenvalue weighted by Crippen LogP contribution is -2.42. The van der Waals surface area contributed by atoms with E-state index in [4.69, 9.17) is 5.11 Å². The lowest BCUT2D eigenvalue weighted by molar-refractivity contribution is 0.226. The number of rotatable bonds is 7. The first-order valence-electron chi connectivity index (χ1n) is 6.56. The molecule has 17 heavy (non-hydrogen) atoms. The molecule has 0 bridgehead atoms. The van der Waals surface area contributed by atoms with Crippen molar-refractivity contribution in [3.8, 4) is 0 Å². The van der Waals surface area contributed by atoms with E-state index in [2.05, 4.69) is 29.7 Å². The van der Waals surface area contributed by atoms with Crippen LogP contribution in [-0.2, 0) is 0 Å². The summed E-state index contributed by atoms with van der Waals surface area (Å²) in [5.74, 6) is 0.387. The maximum absolute atomic E-state index is 11.6. The van der Waals surface area contributed by atoms with Crippen LogP contribution >= 0.6 is 0 Å². The van der Waals surface area contributed by atoms with Gasteiger partial charge in [0.25, 0.3) is 0 Å². The fraction of sp³-hybridized carbons (Fsp3) is 0.769. The summed E-state index contributed by atoms with van der Waals surface area (Å²) in [5, 5.41) is 14.8. The third-order valence-corrected chi connectivity index (χ3v) is 3.13. The molecule has 1 aliphatic carbocycles. The lowest BCUT2D eigenvalue weighted by Gasteiger charge is -2.17. The molecule has 0 aromatic heterocycles. The molecular weight excluding hydrogens is 216 g/mol. The minimum atomic E-state index is -0.0854. The first kappa shape index (κ1) is 14.0. The normalized spacial score (nSPS) is 17.1. The van der Waals surface area contributed by atoms with Crippen LogP contribution in [0.25, 0.3) is 0 Å². The smallest absolute Gasteiger partial charge is 0.315 e. The van der Waals surface area contributed by atoms with E-state index < -0.39 is 0 Å². The van der Waals surface area contributed by atoms with Gasteiger partial charge in [-0.2, -0.15) is 0 Å². The highest BCUT2D eigenvalue weighted by molar-refractivity contribution is 5.74. The van der Waals surface area contributed by atoms with E-state index in [-0.39, 0.29) is 18.7 Å². The second-order valence-corrected chi connectivity index (χ2v) is 4.66. The minimum absolute atomic E-state index is 0.0854. The van der Waals surface area contributed by atoms with E-state index in [0.717, 1.165) is 32.1 Å². The van der Waals surface area contributed by atoms with Crippen LogP contribution in [0.2, 0.25) is 0 Å². The van der Waals surface area contributed by atoms with Gasteiger partial charge in [-0.1, -0.05) is 25.5 Å². The summed E-state index contributed by atoms with van der Waals surface area (Å²) >= 11 is 0. The number of amides is 2. The van der Waals surface area contributed by atoms with E-state index in [1.807, 2.05) is 0 Å². The Morgan fingerprint density at radius 3 is 2.71 bits per heavy atom. The van der Waals surface area contributed by atoms with Crippen molar-refractivity contribution >= 4 is 6.03 Å². The summed E-state index contributed by atoms with van der Waals surface area (Å²) in [5.41, 5.74) is 0. The molecule has 4 nitrogen and oxygen atoms in total. The Labute approximate surface area is 103 Å². The Hall–Kier alpha value is -1.03. The van der Waals surface area contributed by atoms with Crippen LogP contribution in [0.1, 0.15) is 39.0 Å². The van der Waals surface area contributed by atoms with E-state index in [9.17, 15) is 4.79 Å². The van der Waals surface area contributed by atoms with E-state index in [1.165, 1.54) is 0 Å². The van der Waals surface area contributed by atoms with Gasteiger partial charge in [0.2, 0.25) is 0 Å². The summed E-state index contributed by atoms with van der Waals surface area (Å²) in [6, 6.07) is 0.176. The van der Waals surface area contributed by atoms with Crippen LogP contribution in [0, 0.1) is 5.92 Å². The zero-order valence-corrected chi connectivity index (χ0v) is 10.6. The van der Waals surface area contributed by atoms with Gasteiger partial charge in [-0.3, -0.25) is 0 Å². The van der Waals surface area contributed by atoms with Gasteiger partial charge in [0, 0.05) is 19.2 Å². The number of urea groups is 1. The Balaban J connectivity index is 2.15. The van der Waals surface area contributed by atoms with Crippen molar-refractivity contribution in [3.05, 3.63) is 12.2 Å². The van der Waals surface area contributed by atoms with Crippen molar-refractivity contribution in [3.63, 3.8) is 0 Å². The first-order valence-corrected chi connectivity index (χ1v) is 6.56. The summed E-state index contributed by atoms with van der Waals surface area (Å²) < 4.78 is 0. The summed E-state index contributed by atoms with van der Waals surface area (Å²) in [6.45, 7) is 2.97. The predicted molar refractivity (Wildman–Crippen MR) is 68.8 cm³/mol. The molecule has 3 N–H and O–H groups in total. The molecular formula is C13H24N2O2. The number of nitrogens with one attached hydrogen (secondary N) is 2. The highest BCUT2D eigenvalue weighted by atomic mass is 16.3. The van der Waals surface area contributed by atoms with Crippen molar-refractivity contribution in [2.45, 2.75) is 45.1 Å². The number of hydrogen-bond donors (Lipinski definition) is 3. The van der Waals surface area contributed by atoms with Gasteiger partial charge in [0.05, 0.1) is 0 Å². The molecule has 0 aliphatic heterocycles. The standard InChI is InChI=1S/C13H24N2O2/c1-2-5-11(8-9-16)10-14-13(17)15-12-6-3-4-7-12/h3-4,11-12,16H,2,5-10H2,1H3,(H2,14,15,17). The van der Waals surface area contributed by atoms with Crippen LogP contribution in [-0.4, -0.2) is 30.3 Å². The molecule has 0 heterocycles. The molecule has 4 heteroatoms. The monoisotopic (exact) mass is 240 g/mol. The quantitative estimate of drug-likeness (QED) is 0.594. The SMILES string of the molecule is CCCC(CCO)CNC(=O)NC1CC=CC1. The molecule has 0 radical (unpaired) electrons. The number of aliphatic hydroxyl groups excluding tert-OH is 1. The van der Waals surface area contributed by atoms with Crippen LogP contribution in [0.15, 0.2) is 12.2 Å². The van der Waals surface area contributed by atoms with Crippen molar-refractivity contribution in [2.75, 3.05) is 13.2 Å². The van der Waals surface area contributed by atoms with Crippen molar-refractivity contribution in [1.29, 1.82) is 0 Å². The topological polar surface area (TPSA) is 61.4 Å². The summed E-state index contributed by atoms with van der Waals surface area (Å²) in [4.78, 5) is 11.6. The molecule has 0 fully saturated rings. The Bertz CT molecular complexity index is 240. The fourth-order valence-corrected chi connectivity index (χ4v) is 2.15. The predicted octanol–water partition coefficient (Wildman–Crippen LogP) is 1.80. The van der Waals surface area contributed by atoms with Crippen LogP contribution in [0.5, 0.6) is 0 Å². The number of hydrogen-bond acceptors (Lipinski definition) is 2. The van der Waals surface area contributed by atoms with Crippen LogP contribution in [0.3, 0.4) is 0 Å². The maximum Gasteiger partial charge on any atom is 0.315 e. The van der Waals surface area contributed by atoms with Gasteiger partial charge in [0.1, 0.15) is 0 Å². The van der Waals surface area contributed by atoms with Crippen LogP contribution in [0.4, 0.5) is 4.79 Å². The van der Waals surface area contributed by atoms with Crippen molar-refractivity contribution in [1.82, 2.24) is 10.6 Å². The van der Waals surface area contributed by atoms with E-state index in [0.29, 0.717) is 12.5 Å². The van der Waals surface area contributed by atoms with Crippen molar-refractivity contribution in [2.24, 2.45) is 5.92 Å². The average molecular weight is 240 g/mol. The molecule has 98 valence electrons. The molecule has 1 atom stereocenters. The molecule has 1 unspecified atom stereocenters. The van der Waals surface area contributed by atoms with Gasteiger partial charge in [-0.15, -0.1) is 0 Å². The Kier molecular flexibility index (Phi) is 6.70. The molecule has 0 aromatic carbocycles. The number of aliphatic hydroxyl groups is 1.